The van der Waals surface area contributed by atoms with Gasteiger partial charge in [0.25, 0.3) is 0 Å². The van der Waals surface area contributed by atoms with Crippen molar-refractivity contribution >= 4 is 11.4 Å². The minimum absolute atomic E-state index is 0.0231. The van der Waals surface area contributed by atoms with E-state index in [9.17, 15) is 18.9 Å². The molecule has 1 saturated heterocycles. The van der Waals surface area contributed by atoms with Crippen molar-refractivity contribution in [3.63, 3.8) is 0 Å². The standard InChI is InChI=1S/C10H11F2N3O2/c1-14(7-4-13-5-7)9-3-6(11)2-8(12)10(9)15(16)17/h2-3,7,13H,4-5H2,1H3. The van der Waals surface area contributed by atoms with Crippen LogP contribution < -0.4 is 10.2 Å². The van der Waals surface area contributed by atoms with Gasteiger partial charge in [-0.1, -0.05) is 0 Å². The maximum atomic E-state index is 13.4. The normalized spacial score (nSPS) is 15.5. The molecule has 17 heavy (non-hydrogen) atoms. The molecule has 1 N–H and O–H groups in total. The van der Waals surface area contributed by atoms with Gasteiger partial charge < -0.3 is 10.2 Å². The molecule has 1 aromatic carbocycles. The highest BCUT2D eigenvalue weighted by atomic mass is 19.1. The van der Waals surface area contributed by atoms with Crippen molar-refractivity contribution in [2.75, 3.05) is 25.0 Å². The fourth-order valence-corrected chi connectivity index (χ4v) is 1.75. The molecule has 0 bridgehead atoms. The summed E-state index contributed by atoms with van der Waals surface area (Å²) in [5.74, 6) is -1.97. The third kappa shape index (κ3) is 2.05. The van der Waals surface area contributed by atoms with E-state index >= 15 is 0 Å². The Bertz CT molecular complexity index is 463. The van der Waals surface area contributed by atoms with Crippen LogP contribution in [0.25, 0.3) is 0 Å². The first-order valence-electron chi connectivity index (χ1n) is 5.07. The van der Waals surface area contributed by atoms with E-state index in [0.29, 0.717) is 19.2 Å². The number of nitro benzene ring substituents is 1. The number of hydrogen-bond donors (Lipinski definition) is 1. The van der Waals surface area contributed by atoms with Crippen LogP contribution in [0.3, 0.4) is 0 Å². The van der Waals surface area contributed by atoms with Gasteiger partial charge in [0.05, 0.1) is 11.0 Å². The first-order chi connectivity index (χ1) is 8.00. The minimum Gasteiger partial charge on any atom is -0.363 e. The number of hydrogen-bond acceptors (Lipinski definition) is 4. The summed E-state index contributed by atoms with van der Waals surface area (Å²) in [6.07, 6.45) is 0. The Kier molecular flexibility index (Phi) is 2.93. The van der Waals surface area contributed by atoms with Crippen LogP contribution in [0.4, 0.5) is 20.2 Å². The molecule has 0 atom stereocenters. The highest BCUT2D eigenvalue weighted by molar-refractivity contribution is 5.64. The lowest BCUT2D eigenvalue weighted by atomic mass is 10.1. The third-order valence-electron chi connectivity index (χ3n) is 2.88. The van der Waals surface area contributed by atoms with Crippen LogP contribution >= 0.6 is 0 Å². The molecular formula is C10H11F2N3O2. The maximum Gasteiger partial charge on any atom is 0.328 e. The quantitative estimate of drug-likeness (QED) is 0.641. The van der Waals surface area contributed by atoms with E-state index in [1.54, 1.807) is 7.05 Å². The molecule has 1 aliphatic heterocycles. The first kappa shape index (κ1) is 11.7. The molecule has 2 rings (SSSR count). The van der Waals surface area contributed by atoms with Gasteiger partial charge in [-0.25, -0.2) is 4.39 Å². The number of likely N-dealkylation sites (N-methyl/N-ethyl adjacent to an activating group) is 1. The fraction of sp³-hybridized carbons (Fsp3) is 0.400. The van der Waals surface area contributed by atoms with Gasteiger partial charge in [0.15, 0.2) is 0 Å². The van der Waals surface area contributed by atoms with Gasteiger partial charge in [-0.15, -0.1) is 0 Å². The average Bonchev–Trinajstić information content (AvgIpc) is 2.12. The van der Waals surface area contributed by atoms with E-state index < -0.39 is 22.2 Å². The molecule has 0 aromatic heterocycles. The van der Waals surface area contributed by atoms with E-state index in [2.05, 4.69) is 5.32 Å². The Morgan fingerprint density at radius 2 is 2.12 bits per heavy atom. The minimum atomic E-state index is -1.15. The van der Waals surface area contributed by atoms with Crippen LogP contribution in [0.2, 0.25) is 0 Å². The smallest absolute Gasteiger partial charge is 0.328 e. The Morgan fingerprint density at radius 3 is 2.59 bits per heavy atom. The molecule has 0 aliphatic carbocycles. The molecule has 0 spiro atoms. The lowest BCUT2D eigenvalue weighted by Gasteiger charge is -2.36. The summed E-state index contributed by atoms with van der Waals surface area (Å²) < 4.78 is 26.5. The molecule has 0 saturated carbocycles. The summed E-state index contributed by atoms with van der Waals surface area (Å²) in [4.78, 5) is 11.5. The molecule has 7 heteroatoms. The van der Waals surface area contributed by atoms with Crippen LogP contribution in [-0.4, -0.2) is 31.1 Å². The molecule has 1 fully saturated rings. The first-order valence-corrected chi connectivity index (χ1v) is 5.07. The van der Waals surface area contributed by atoms with Crippen molar-refractivity contribution in [1.82, 2.24) is 5.32 Å². The second-order valence-corrected chi connectivity index (χ2v) is 3.94. The third-order valence-corrected chi connectivity index (χ3v) is 2.88. The molecular weight excluding hydrogens is 232 g/mol. The predicted molar refractivity (Wildman–Crippen MR) is 58.1 cm³/mol. The summed E-state index contributed by atoms with van der Waals surface area (Å²) in [5.41, 5.74) is -0.709. The Morgan fingerprint density at radius 1 is 1.47 bits per heavy atom. The van der Waals surface area contributed by atoms with Gasteiger partial charge in [-0.2, -0.15) is 4.39 Å². The number of rotatable bonds is 3. The number of nitrogens with one attached hydrogen (secondary N) is 1. The topological polar surface area (TPSA) is 58.4 Å². The molecule has 0 amide bonds. The van der Waals surface area contributed by atoms with Gasteiger partial charge >= 0.3 is 5.69 Å². The van der Waals surface area contributed by atoms with Crippen molar-refractivity contribution < 1.29 is 13.7 Å². The van der Waals surface area contributed by atoms with Crippen LogP contribution in [0, 0.1) is 21.7 Å². The highest BCUT2D eigenvalue weighted by Gasteiger charge is 2.30. The maximum absolute atomic E-state index is 13.4. The molecule has 0 unspecified atom stereocenters. The fourth-order valence-electron chi connectivity index (χ4n) is 1.75. The van der Waals surface area contributed by atoms with Gasteiger partial charge in [0.2, 0.25) is 5.82 Å². The number of halogens is 2. The van der Waals surface area contributed by atoms with E-state index in [0.717, 1.165) is 6.07 Å². The van der Waals surface area contributed by atoms with Gasteiger partial charge in [-0.05, 0) is 0 Å². The molecule has 0 radical (unpaired) electrons. The number of benzene rings is 1. The molecule has 5 nitrogen and oxygen atoms in total. The second kappa shape index (κ2) is 4.25. The van der Waals surface area contributed by atoms with Gasteiger partial charge in [0, 0.05) is 32.3 Å². The Balaban J connectivity index is 2.46. The average molecular weight is 243 g/mol. The summed E-state index contributed by atoms with van der Waals surface area (Å²) in [6, 6.07) is 1.53. The second-order valence-electron chi connectivity index (χ2n) is 3.94. The number of nitro groups is 1. The van der Waals surface area contributed by atoms with Crippen molar-refractivity contribution in [3.8, 4) is 0 Å². The van der Waals surface area contributed by atoms with Crippen molar-refractivity contribution in [1.29, 1.82) is 0 Å². The summed E-state index contributed by atoms with van der Waals surface area (Å²) in [6.45, 7) is 1.29. The lowest BCUT2D eigenvalue weighted by Crippen LogP contribution is -2.56. The van der Waals surface area contributed by atoms with E-state index in [-0.39, 0.29) is 11.7 Å². The summed E-state index contributed by atoms with van der Waals surface area (Å²) in [7, 11) is 1.59. The monoisotopic (exact) mass is 243 g/mol. The van der Waals surface area contributed by atoms with Crippen molar-refractivity contribution in [2.24, 2.45) is 0 Å². The molecule has 92 valence electrons. The lowest BCUT2D eigenvalue weighted by molar-refractivity contribution is -0.386. The SMILES string of the molecule is CN(c1cc(F)cc(F)c1[N+](=O)[O-])C1CNC1. The highest BCUT2D eigenvalue weighted by Crippen LogP contribution is 2.32. The number of anilines is 1. The zero-order valence-corrected chi connectivity index (χ0v) is 9.11. The van der Waals surface area contributed by atoms with E-state index in [1.807, 2.05) is 0 Å². The zero-order chi connectivity index (χ0) is 12.6. The van der Waals surface area contributed by atoms with Crippen LogP contribution in [0.5, 0.6) is 0 Å². The number of nitrogens with zero attached hydrogens (tertiary/aromatic N) is 2. The predicted octanol–water partition coefficient (Wildman–Crippen LogP) is 1.28. The summed E-state index contributed by atoms with van der Waals surface area (Å²) >= 11 is 0. The Hall–Kier alpha value is -1.76. The summed E-state index contributed by atoms with van der Waals surface area (Å²) in [5, 5.41) is 13.8. The molecule has 1 aliphatic rings. The van der Waals surface area contributed by atoms with Crippen molar-refractivity contribution in [2.45, 2.75) is 6.04 Å². The molecule has 1 aromatic rings. The van der Waals surface area contributed by atoms with E-state index in [4.69, 9.17) is 0 Å². The largest absolute Gasteiger partial charge is 0.363 e. The molecule has 1 heterocycles. The zero-order valence-electron chi connectivity index (χ0n) is 9.11. The van der Waals surface area contributed by atoms with E-state index in [1.165, 1.54) is 4.90 Å². The van der Waals surface area contributed by atoms with Gasteiger partial charge in [0.1, 0.15) is 11.5 Å². The van der Waals surface area contributed by atoms with Crippen LogP contribution in [0.15, 0.2) is 12.1 Å². The van der Waals surface area contributed by atoms with Gasteiger partial charge in [-0.3, -0.25) is 10.1 Å². The van der Waals surface area contributed by atoms with Crippen molar-refractivity contribution in [3.05, 3.63) is 33.9 Å². The van der Waals surface area contributed by atoms with Crippen LogP contribution in [0.1, 0.15) is 0 Å². The Labute approximate surface area is 96.2 Å². The van der Waals surface area contributed by atoms with Crippen LogP contribution in [-0.2, 0) is 0 Å².